The van der Waals surface area contributed by atoms with Crippen molar-refractivity contribution in [3.8, 4) is 0 Å². The minimum absolute atomic E-state index is 0.0274. The van der Waals surface area contributed by atoms with Crippen LogP contribution in [0, 0.1) is 11.8 Å². The highest BCUT2D eigenvalue weighted by atomic mass is 32.2. The van der Waals surface area contributed by atoms with Crippen molar-refractivity contribution in [3.63, 3.8) is 0 Å². The van der Waals surface area contributed by atoms with Gasteiger partial charge in [-0.15, -0.1) is 0 Å². The zero-order chi connectivity index (χ0) is 22.9. The first-order chi connectivity index (χ1) is 16.0. The Kier molecular flexibility index (Phi) is 6.14. The molecule has 3 unspecified atom stereocenters. The molecule has 2 fully saturated rings. The molecule has 9 heteroatoms. The number of hydrogen-bond acceptors (Lipinski definition) is 5. The third kappa shape index (κ3) is 4.38. The zero-order valence-electron chi connectivity index (χ0n) is 19.1. The van der Waals surface area contributed by atoms with E-state index in [1.54, 1.807) is 6.33 Å². The van der Waals surface area contributed by atoms with Crippen molar-refractivity contribution < 1.29 is 9.59 Å². The standard InChI is InChI=1S/C24H30N6O2S/c1-15-3-5-18(16(2)11-15)22-23(25-13-21(31)29-7-9-33-10-8-29)28-24(32)30(22)17-4-6-19-20(12-17)27-14-26-19/h4,6,11-12,14,16,18,22H,3,5,7-10,13H2,1-2H3,(H,26,27)(H,25,28,32). The molecule has 2 aliphatic heterocycles. The summed E-state index contributed by atoms with van der Waals surface area (Å²) in [6, 6.07) is 5.39. The summed E-state index contributed by atoms with van der Waals surface area (Å²) in [5.74, 6) is 3.08. The van der Waals surface area contributed by atoms with Crippen molar-refractivity contribution in [2.75, 3.05) is 36.0 Å². The van der Waals surface area contributed by atoms with Gasteiger partial charge in [-0.1, -0.05) is 18.6 Å². The van der Waals surface area contributed by atoms with E-state index in [1.165, 1.54) is 5.57 Å². The molecule has 1 aromatic heterocycles. The minimum atomic E-state index is -0.238. The number of aromatic nitrogens is 2. The third-order valence-electron chi connectivity index (χ3n) is 6.94. The molecule has 3 heterocycles. The number of carbonyl (C=O) groups excluding carboxylic acids is 2. The Morgan fingerprint density at radius 3 is 2.91 bits per heavy atom. The lowest BCUT2D eigenvalue weighted by Gasteiger charge is -2.36. The number of thioether (sulfide) groups is 1. The fourth-order valence-electron chi connectivity index (χ4n) is 5.19. The molecule has 3 aliphatic rings. The lowest BCUT2D eigenvalue weighted by Crippen LogP contribution is -2.44. The molecule has 0 spiro atoms. The molecule has 3 amide bonds. The number of rotatable bonds is 4. The van der Waals surface area contributed by atoms with Crippen molar-refractivity contribution >= 4 is 46.3 Å². The molecule has 1 aliphatic carbocycles. The number of H-pyrrole nitrogens is 1. The first-order valence-electron chi connectivity index (χ1n) is 11.6. The van der Waals surface area contributed by atoms with E-state index in [2.05, 4.69) is 40.2 Å². The van der Waals surface area contributed by atoms with Crippen LogP contribution in [0.25, 0.3) is 11.0 Å². The number of anilines is 1. The average Bonchev–Trinajstić information content (AvgIpc) is 3.41. The van der Waals surface area contributed by atoms with Gasteiger partial charge in [-0.05, 0) is 49.8 Å². The Labute approximate surface area is 197 Å². The van der Waals surface area contributed by atoms with E-state index in [0.717, 1.165) is 54.2 Å². The van der Waals surface area contributed by atoms with E-state index in [0.29, 0.717) is 11.8 Å². The minimum Gasteiger partial charge on any atom is -0.345 e. The van der Waals surface area contributed by atoms with Crippen LogP contribution in [0.3, 0.4) is 0 Å². The normalized spacial score (nSPS) is 27.2. The molecule has 0 radical (unpaired) electrons. The lowest BCUT2D eigenvalue weighted by atomic mass is 9.77. The van der Waals surface area contributed by atoms with Gasteiger partial charge in [0.15, 0.2) is 0 Å². The quantitative estimate of drug-likeness (QED) is 0.675. The Morgan fingerprint density at radius 2 is 2.12 bits per heavy atom. The van der Waals surface area contributed by atoms with Crippen LogP contribution >= 0.6 is 11.8 Å². The monoisotopic (exact) mass is 466 g/mol. The van der Waals surface area contributed by atoms with Gasteiger partial charge in [-0.2, -0.15) is 11.8 Å². The Bertz CT molecular complexity index is 1120. The maximum atomic E-state index is 13.2. The fraction of sp³-hybridized carbons (Fsp3) is 0.500. The number of urea groups is 1. The van der Waals surface area contributed by atoms with E-state index in [4.69, 9.17) is 0 Å². The van der Waals surface area contributed by atoms with Crippen molar-refractivity contribution in [2.45, 2.75) is 32.7 Å². The molecule has 33 heavy (non-hydrogen) atoms. The Morgan fingerprint density at radius 1 is 1.30 bits per heavy atom. The SMILES string of the molecule is CC1=CC(C)C(C2/C(=N/CC(=O)N3CCSCC3)NC(=O)N2c2ccc3[nH]cnc3c2)CC1. The van der Waals surface area contributed by atoms with Crippen molar-refractivity contribution in [2.24, 2.45) is 16.8 Å². The van der Waals surface area contributed by atoms with Gasteiger partial charge in [0.25, 0.3) is 0 Å². The second-order valence-electron chi connectivity index (χ2n) is 9.12. The smallest absolute Gasteiger partial charge is 0.327 e. The molecular weight excluding hydrogens is 436 g/mol. The number of fused-ring (bicyclic) bond motifs is 1. The first-order valence-corrected chi connectivity index (χ1v) is 12.8. The van der Waals surface area contributed by atoms with E-state index >= 15 is 0 Å². The predicted octanol–water partition coefficient (Wildman–Crippen LogP) is 3.43. The van der Waals surface area contributed by atoms with Gasteiger partial charge in [0.2, 0.25) is 5.91 Å². The van der Waals surface area contributed by atoms with Crippen molar-refractivity contribution in [3.05, 3.63) is 36.2 Å². The fourth-order valence-corrected chi connectivity index (χ4v) is 6.09. The molecule has 0 bridgehead atoms. The van der Waals surface area contributed by atoms with Gasteiger partial charge in [-0.25, -0.2) is 9.78 Å². The molecule has 0 saturated carbocycles. The lowest BCUT2D eigenvalue weighted by molar-refractivity contribution is -0.129. The van der Waals surface area contributed by atoms with Crippen LogP contribution in [0.2, 0.25) is 0 Å². The number of benzene rings is 1. The number of aliphatic imine (C=N–C) groups is 1. The van der Waals surface area contributed by atoms with E-state index in [1.807, 2.05) is 39.8 Å². The molecule has 174 valence electrons. The summed E-state index contributed by atoms with van der Waals surface area (Å²) in [4.78, 5) is 41.8. The van der Waals surface area contributed by atoms with E-state index < -0.39 is 0 Å². The van der Waals surface area contributed by atoms with Gasteiger partial charge < -0.3 is 9.88 Å². The van der Waals surface area contributed by atoms with Crippen molar-refractivity contribution in [1.82, 2.24) is 20.2 Å². The summed E-state index contributed by atoms with van der Waals surface area (Å²) in [7, 11) is 0. The number of nitrogens with zero attached hydrogens (tertiary/aromatic N) is 4. The molecule has 5 rings (SSSR count). The summed E-state index contributed by atoms with van der Waals surface area (Å²) in [6.45, 7) is 5.98. The predicted molar refractivity (Wildman–Crippen MR) is 133 cm³/mol. The highest BCUT2D eigenvalue weighted by Gasteiger charge is 2.44. The summed E-state index contributed by atoms with van der Waals surface area (Å²) < 4.78 is 0. The van der Waals surface area contributed by atoms with Crippen LogP contribution in [0.15, 0.2) is 41.2 Å². The number of carbonyl (C=O) groups is 2. The molecule has 1 aromatic carbocycles. The first kappa shape index (κ1) is 22.0. The molecule has 2 N–H and O–H groups in total. The summed E-state index contributed by atoms with van der Waals surface area (Å²) in [5, 5.41) is 3.00. The molecule has 2 saturated heterocycles. The number of hydrogen-bond donors (Lipinski definition) is 2. The zero-order valence-corrected chi connectivity index (χ0v) is 19.9. The van der Waals surface area contributed by atoms with E-state index in [-0.39, 0.29) is 30.4 Å². The van der Waals surface area contributed by atoms with Gasteiger partial charge in [0, 0.05) is 30.3 Å². The summed E-state index contributed by atoms with van der Waals surface area (Å²) in [5.41, 5.74) is 3.92. The molecule has 2 aromatic rings. The third-order valence-corrected chi connectivity index (χ3v) is 7.89. The van der Waals surface area contributed by atoms with Crippen LogP contribution < -0.4 is 10.2 Å². The largest absolute Gasteiger partial charge is 0.345 e. The average molecular weight is 467 g/mol. The number of imidazole rings is 1. The van der Waals surface area contributed by atoms with Crippen LogP contribution in [0.4, 0.5) is 10.5 Å². The molecular formula is C24H30N6O2S. The number of aromatic amines is 1. The summed E-state index contributed by atoms with van der Waals surface area (Å²) >= 11 is 1.87. The highest BCUT2D eigenvalue weighted by molar-refractivity contribution is 7.99. The van der Waals surface area contributed by atoms with Gasteiger partial charge in [-0.3, -0.25) is 20.0 Å². The summed E-state index contributed by atoms with van der Waals surface area (Å²) in [6.07, 6.45) is 5.94. The Balaban J connectivity index is 1.47. The second kappa shape index (κ2) is 9.21. The van der Waals surface area contributed by atoms with Crippen LogP contribution in [0.5, 0.6) is 0 Å². The van der Waals surface area contributed by atoms with Gasteiger partial charge >= 0.3 is 6.03 Å². The van der Waals surface area contributed by atoms with E-state index in [9.17, 15) is 9.59 Å². The molecule has 3 atom stereocenters. The van der Waals surface area contributed by atoms with Gasteiger partial charge in [0.05, 0.1) is 23.4 Å². The number of allylic oxidation sites excluding steroid dienone is 2. The Hall–Kier alpha value is -2.81. The maximum absolute atomic E-state index is 13.2. The second-order valence-corrected chi connectivity index (χ2v) is 10.3. The number of amidine groups is 1. The topological polar surface area (TPSA) is 93.7 Å². The van der Waals surface area contributed by atoms with Crippen molar-refractivity contribution in [1.29, 1.82) is 0 Å². The van der Waals surface area contributed by atoms with Gasteiger partial charge in [0.1, 0.15) is 12.4 Å². The molecule has 8 nitrogen and oxygen atoms in total. The highest BCUT2D eigenvalue weighted by Crippen LogP contribution is 2.37. The van der Waals surface area contributed by atoms with Crippen LogP contribution in [-0.2, 0) is 4.79 Å². The van der Waals surface area contributed by atoms with Crippen LogP contribution in [-0.4, -0.2) is 69.8 Å². The van der Waals surface area contributed by atoms with Crippen LogP contribution in [0.1, 0.15) is 26.7 Å². The number of amides is 3. The number of nitrogens with one attached hydrogen (secondary N) is 2. The maximum Gasteiger partial charge on any atom is 0.327 e.